The summed E-state index contributed by atoms with van der Waals surface area (Å²) in [6.45, 7) is 5.49. The highest BCUT2D eigenvalue weighted by atomic mass is 32.2. The van der Waals surface area contributed by atoms with Crippen molar-refractivity contribution < 1.29 is 13.2 Å². The van der Waals surface area contributed by atoms with Gasteiger partial charge < -0.3 is 10.2 Å². The number of benzene rings is 2. The smallest absolute Gasteiger partial charge is 0.247 e. The Morgan fingerprint density at radius 1 is 1.00 bits per heavy atom. The van der Waals surface area contributed by atoms with E-state index in [1.54, 1.807) is 18.2 Å². The van der Waals surface area contributed by atoms with Crippen molar-refractivity contribution in [1.29, 1.82) is 0 Å². The van der Waals surface area contributed by atoms with E-state index >= 15 is 0 Å². The third-order valence-electron chi connectivity index (χ3n) is 4.28. The van der Waals surface area contributed by atoms with Crippen LogP contribution in [0.2, 0.25) is 0 Å². The first-order valence-corrected chi connectivity index (χ1v) is 9.78. The monoisotopic (exact) mass is 371 g/mol. The third-order valence-corrected chi connectivity index (χ3v) is 6.18. The van der Waals surface area contributed by atoms with Gasteiger partial charge in [0.1, 0.15) is 0 Å². The first kappa shape index (κ1) is 18.2. The molecule has 3 rings (SSSR count). The van der Waals surface area contributed by atoms with E-state index in [1.807, 2.05) is 30.3 Å². The molecule has 2 aromatic rings. The molecule has 0 bridgehead atoms. The predicted molar refractivity (Wildman–Crippen MR) is 103 cm³/mol. The van der Waals surface area contributed by atoms with Gasteiger partial charge in [-0.05, 0) is 36.4 Å². The molecule has 136 valence electrons. The second kappa shape index (κ2) is 7.72. The molecule has 26 heavy (non-hydrogen) atoms. The van der Waals surface area contributed by atoms with Crippen molar-refractivity contribution in [2.75, 3.05) is 36.4 Å². The molecule has 7 heteroatoms. The zero-order valence-corrected chi connectivity index (χ0v) is 15.2. The highest BCUT2D eigenvalue weighted by Gasteiger charge is 2.28. The lowest BCUT2D eigenvalue weighted by atomic mass is 10.2. The molecule has 0 aromatic heterocycles. The summed E-state index contributed by atoms with van der Waals surface area (Å²) < 4.78 is 27.3. The predicted octanol–water partition coefficient (Wildman–Crippen LogP) is 2.32. The maximum absolute atomic E-state index is 12.9. The van der Waals surface area contributed by atoms with Gasteiger partial charge in [-0.3, -0.25) is 4.79 Å². The van der Waals surface area contributed by atoms with E-state index in [-0.39, 0.29) is 10.8 Å². The van der Waals surface area contributed by atoms with Crippen LogP contribution < -0.4 is 10.2 Å². The highest BCUT2D eigenvalue weighted by Crippen LogP contribution is 2.23. The topological polar surface area (TPSA) is 69.7 Å². The van der Waals surface area contributed by atoms with Gasteiger partial charge in [0.05, 0.1) is 4.90 Å². The molecule has 1 aliphatic heterocycles. The Bertz CT molecular complexity index is 889. The highest BCUT2D eigenvalue weighted by molar-refractivity contribution is 7.89. The molecule has 0 saturated carbocycles. The molecular weight excluding hydrogens is 350 g/mol. The minimum absolute atomic E-state index is 0.174. The second-order valence-electron chi connectivity index (χ2n) is 5.95. The molecule has 2 aromatic carbocycles. The van der Waals surface area contributed by atoms with Crippen LogP contribution in [0.1, 0.15) is 0 Å². The molecule has 0 spiro atoms. The average molecular weight is 371 g/mol. The first-order chi connectivity index (χ1) is 12.5. The fourth-order valence-corrected chi connectivity index (χ4v) is 4.37. The lowest BCUT2D eigenvalue weighted by Crippen LogP contribution is -2.48. The summed E-state index contributed by atoms with van der Waals surface area (Å²) >= 11 is 0. The Morgan fingerprint density at radius 2 is 1.69 bits per heavy atom. The molecule has 1 aliphatic rings. The number of anilines is 2. The Kier molecular flexibility index (Phi) is 5.39. The van der Waals surface area contributed by atoms with Crippen molar-refractivity contribution in [2.45, 2.75) is 4.90 Å². The number of hydrogen-bond acceptors (Lipinski definition) is 4. The van der Waals surface area contributed by atoms with Crippen LogP contribution in [-0.2, 0) is 14.8 Å². The Hall–Kier alpha value is -2.64. The number of amides is 1. The number of para-hydroxylation sites is 1. The fraction of sp³-hybridized carbons (Fsp3) is 0.211. The minimum atomic E-state index is -3.60. The van der Waals surface area contributed by atoms with Gasteiger partial charge in [-0.2, -0.15) is 4.31 Å². The van der Waals surface area contributed by atoms with Crippen molar-refractivity contribution in [1.82, 2.24) is 4.31 Å². The van der Waals surface area contributed by atoms with E-state index in [0.717, 1.165) is 11.8 Å². The van der Waals surface area contributed by atoms with Crippen molar-refractivity contribution in [3.8, 4) is 0 Å². The molecule has 1 amide bonds. The standard InChI is InChI=1S/C19H21N3O3S/c1-2-19(23)20-16-7-6-10-18(15-16)26(24,25)22-13-11-21(12-14-22)17-8-4-3-5-9-17/h2-10,15H,1,11-14H2,(H,20,23). The van der Waals surface area contributed by atoms with Gasteiger partial charge in [0, 0.05) is 37.6 Å². The van der Waals surface area contributed by atoms with Crippen LogP contribution >= 0.6 is 0 Å². The number of carbonyl (C=O) groups excluding carboxylic acids is 1. The van der Waals surface area contributed by atoms with Crippen LogP contribution in [0.25, 0.3) is 0 Å². The summed E-state index contributed by atoms with van der Waals surface area (Å²) in [7, 11) is -3.60. The molecule has 1 saturated heterocycles. The van der Waals surface area contributed by atoms with Crippen LogP contribution in [0.15, 0.2) is 72.1 Å². The van der Waals surface area contributed by atoms with E-state index in [1.165, 1.54) is 10.4 Å². The number of hydrogen-bond donors (Lipinski definition) is 1. The zero-order chi connectivity index (χ0) is 18.6. The molecule has 0 aliphatic carbocycles. The normalized spacial score (nSPS) is 15.5. The molecule has 0 atom stereocenters. The summed E-state index contributed by atoms with van der Waals surface area (Å²) in [5, 5.41) is 2.59. The van der Waals surface area contributed by atoms with E-state index in [0.29, 0.717) is 31.9 Å². The van der Waals surface area contributed by atoms with Gasteiger partial charge >= 0.3 is 0 Å². The van der Waals surface area contributed by atoms with E-state index in [9.17, 15) is 13.2 Å². The van der Waals surface area contributed by atoms with Crippen molar-refractivity contribution in [2.24, 2.45) is 0 Å². The number of piperazine rings is 1. The Morgan fingerprint density at radius 3 is 2.35 bits per heavy atom. The number of nitrogens with zero attached hydrogens (tertiary/aromatic N) is 2. The number of nitrogens with one attached hydrogen (secondary N) is 1. The van der Waals surface area contributed by atoms with Crippen LogP contribution in [-0.4, -0.2) is 44.8 Å². The molecule has 1 N–H and O–H groups in total. The van der Waals surface area contributed by atoms with E-state index in [2.05, 4.69) is 16.8 Å². The van der Waals surface area contributed by atoms with Gasteiger partial charge in [-0.15, -0.1) is 0 Å². The third kappa shape index (κ3) is 3.95. The van der Waals surface area contributed by atoms with E-state index in [4.69, 9.17) is 0 Å². The summed E-state index contributed by atoms with van der Waals surface area (Å²) in [6, 6.07) is 16.2. The summed E-state index contributed by atoms with van der Waals surface area (Å²) in [4.78, 5) is 13.8. The molecule has 6 nitrogen and oxygen atoms in total. The lowest BCUT2D eigenvalue weighted by Gasteiger charge is -2.35. The summed E-state index contributed by atoms with van der Waals surface area (Å²) in [6.07, 6.45) is 1.14. The van der Waals surface area contributed by atoms with Crippen molar-refractivity contribution >= 4 is 27.3 Å². The number of carbonyl (C=O) groups is 1. The summed E-state index contributed by atoms with van der Waals surface area (Å²) in [5.41, 5.74) is 1.53. The largest absolute Gasteiger partial charge is 0.369 e. The van der Waals surface area contributed by atoms with Gasteiger partial charge in [0.15, 0.2) is 0 Å². The van der Waals surface area contributed by atoms with Gasteiger partial charge in [-0.1, -0.05) is 30.8 Å². The van der Waals surface area contributed by atoms with Gasteiger partial charge in [0.2, 0.25) is 15.9 Å². The van der Waals surface area contributed by atoms with Crippen LogP contribution in [0, 0.1) is 0 Å². The maximum Gasteiger partial charge on any atom is 0.247 e. The Balaban J connectivity index is 1.72. The molecule has 0 unspecified atom stereocenters. The average Bonchev–Trinajstić information content (AvgIpc) is 2.69. The van der Waals surface area contributed by atoms with Crippen molar-refractivity contribution in [3.63, 3.8) is 0 Å². The van der Waals surface area contributed by atoms with Crippen molar-refractivity contribution in [3.05, 3.63) is 67.3 Å². The zero-order valence-electron chi connectivity index (χ0n) is 14.3. The van der Waals surface area contributed by atoms with Crippen LogP contribution in [0.4, 0.5) is 11.4 Å². The molecular formula is C19H21N3O3S. The fourth-order valence-electron chi connectivity index (χ4n) is 2.90. The van der Waals surface area contributed by atoms with Gasteiger partial charge in [-0.25, -0.2) is 8.42 Å². The number of sulfonamides is 1. The minimum Gasteiger partial charge on any atom is -0.369 e. The molecule has 1 heterocycles. The van der Waals surface area contributed by atoms with Crippen LogP contribution in [0.3, 0.4) is 0 Å². The Labute approximate surface area is 153 Å². The molecule has 1 fully saturated rings. The SMILES string of the molecule is C=CC(=O)Nc1cccc(S(=O)(=O)N2CCN(c3ccccc3)CC2)c1. The maximum atomic E-state index is 12.9. The molecule has 0 radical (unpaired) electrons. The van der Waals surface area contributed by atoms with E-state index < -0.39 is 10.0 Å². The first-order valence-electron chi connectivity index (χ1n) is 8.34. The second-order valence-corrected chi connectivity index (χ2v) is 7.89. The lowest BCUT2D eigenvalue weighted by molar-refractivity contribution is -0.111. The number of rotatable bonds is 5. The quantitative estimate of drug-likeness (QED) is 0.819. The van der Waals surface area contributed by atoms with Gasteiger partial charge in [0.25, 0.3) is 0 Å². The summed E-state index contributed by atoms with van der Waals surface area (Å²) in [5.74, 6) is -0.379. The van der Waals surface area contributed by atoms with Crippen LogP contribution in [0.5, 0.6) is 0 Å².